The summed E-state index contributed by atoms with van der Waals surface area (Å²) in [4.78, 5) is 23.2. The molecule has 1 unspecified atom stereocenters. The van der Waals surface area contributed by atoms with Gasteiger partial charge in [0.15, 0.2) is 0 Å². The molecule has 2 rings (SSSR count). The van der Waals surface area contributed by atoms with Crippen molar-refractivity contribution in [2.24, 2.45) is 0 Å². The second kappa shape index (κ2) is 11.0. The number of aliphatic hydroxyl groups is 1. The molecule has 1 aromatic carbocycles. The van der Waals surface area contributed by atoms with Crippen molar-refractivity contribution in [3.05, 3.63) is 68.4 Å². The molecular weight excluding hydrogens is 433 g/mol. The number of dihydropyridines is 1. The quantitative estimate of drug-likeness (QED) is 0.236. The molecule has 32 heavy (non-hydrogen) atoms. The van der Waals surface area contributed by atoms with Gasteiger partial charge in [0.1, 0.15) is 11.7 Å². The molecule has 8 nitrogen and oxygen atoms in total. The van der Waals surface area contributed by atoms with Gasteiger partial charge < -0.3 is 19.9 Å². The van der Waals surface area contributed by atoms with Crippen molar-refractivity contribution in [1.29, 1.82) is 0 Å². The number of benzene rings is 1. The number of nitrogens with one attached hydrogen (secondary N) is 1. The van der Waals surface area contributed by atoms with Crippen molar-refractivity contribution in [3.8, 4) is 0 Å². The number of rotatable bonds is 9. The van der Waals surface area contributed by atoms with E-state index >= 15 is 0 Å². The molecule has 0 aromatic heterocycles. The van der Waals surface area contributed by atoms with E-state index in [1.807, 2.05) is 0 Å². The average Bonchev–Trinajstić information content (AvgIpc) is 2.71. The first kappa shape index (κ1) is 25.2. The Balaban J connectivity index is 2.34. The van der Waals surface area contributed by atoms with Crippen LogP contribution < -0.4 is 5.32 Å². The lowest BCUT2D eigenvalue weighted by Crippen LogP contribution is -2.31. The molecule has 1 aliphatic rings. The van der Waals surface area contributed by atoms with E-state index in [-0.39, 0.29) is 30.4 Å². The number of hydrogen-bond donors (Lipinski definition) is 2. The molecule has 1 aromatic rings. The van der Waals surface area contributed by atoms with Gasteiger partial charge in [0.2, 0.25) is 0 Å². The topological polar surface area (TPSA) is 111 Å². The van der Waals surface area contributed by atoms with Gasteiger partial charge >= 0.3 is 12.3 Å². The third-order valence-corrected chi connectivity index (χ3v) is 4.90. The molecule has 176 valence electrons. The van der Waals surface area contributed by atoms with E-state index in [4.69, 9.17) is 14.6 Å². The molecule has 1 heterocycles. The number of carbonyl (C=O) groups excluding carboxylic acids is 1. The highest BCUT2D eigenvalue weighted by Gasteiger charge is 2.44. The van der Waals surface area contributed by atoms with E-state index in [9.17, 15) is 28.1 Å². The Kier molecular flexibility index (Phi) is 8.64. The van der Waals surface area contributed by atoms with Gasteiger partial charge in [-0.2, -0.15) is 13.2 Å². The number of nitrogens with zero attached hydrogens (tertiary/aromatic N) is 1. The molecule has 11 heteroatoms. The summed E-state index contributed by atoms with van der Waals surface area (Å²) in [6.45, 7) is 2.88. The molecule has 0 spiro atoms. The summed E-state index contributed by atoms with van der Waals surface area (Å²) in [5.41, 5.74) is -1.82. The van der Waals surface area contributed by atoms with Gasteiger partial charge in [-0.3, -0.25) is 10.1 Å². The maximum Gasteiger partial charge on any atom is 0.513 e. The molecule has 1 aliphatic heterocycles. The molecule has 0 amide bonds. The van der Waals surface area contributed by atoms with Crippen LogP contribution in [-0.2, 0) is 15.7 Å². The minimum Gasteiger partial charge on any atom is -0.434 e. The number of ether oxygens (including phenoxy) is 2. The summed E-state index contributed by atoms with van der Waals surface area (Å²) in [6, 6.07) is 4.45. The second-order valence-corrected chi connectivity index (χ2v) is 7.24. The normalized spacial score (nSPS) is 16.6. The maximum absolute atomic E-state index is 13.6. The number of halogens is 3. The van der Waals surface area contributed by atoms with Crippen molar-refractivity contribution >= 4 is 6.16 Å². The SMILES string of the molecule is CC1=C(OC(=O)OCCCCCCO)C(c2ccccc2C(F)(F)F)C([N+](=O)[O-])=C(C)N1. The lowest BCUT2D eigenvalue weighted by Gasteiger charge is -2.28. The van der Waals surface area contributed by atoms with E-state index < -0.39 is 40.0 Å². The average molecular weight is 458 g/mol. The van der Waals surface area contributed by atoms with E-state index in [1.165, 1.54) is 26.0 Å². The van der Waals surface area contributed by atoms with Crippen LogP contribution in [0.15, 0.2) is 47.1 Å². The Morgan fingerprint density at radius 1 is 1.16 bits per heavy atom. The van der Waals surface area contributed by atoms with Gasteiger partial charge in [-0.25, -0.2) is 4.79 Å². The van der Waals surface area contributed by atoms with Gasteiger partial charge in [-0.1, -0.05) is 24.6 Å². The lowest BCUT2D eigenvalue weighted by molar-refractivity contribution is -0.431. The number of unbranched alkanes of at least 4 members (excludes halogenated alkanes) is 3. The van der Waals surface area contributed by atoms with Gasteiger partial charge in [-0.15, -0.1) is 0 Å². The van der Waals surface area contributed by atoms with Crippen LogP contribution >= 0.6 is 0 Å². The van der Waals surface area contributed by atoms with Gasteiger partial charge in [0, 0.05) is 6.61 Å². The van der Waals surface area contributed by atoms with Crippen LogP contribution in [0, 0.1) is 10.1 Å². The van der Waals surface area contributed by atoms with Crippen LogP contribution in [0.2, 0.25) is 0 Å². The molecule has 0 radical (unpaired) electrons. The first-order valence-corrected chi connectivity index (χ1v) is 10.0. The molecule has 0 saturated heterocycles. The second-order valence-electron chi connectivity index (χ2n) is 7.24. The number of allylic oxidation sites excluding steroid dienone is 2. The number of alkyl halides is 3. The fraction of sp³-hybridized carbons (Fsp3) is 0.476. The lowest BCUT2D eigenvalue weighted by atomic mass is 9.86. The Hall–Kier alpha value is -3.08. The van der Waals surface area contributed by atoms with E-state index in [0.717, 1.165) is 18.6 Å². The van der Waals surface area contributed by atoms with E-state index in [1.54, 1.807) is 0 Å². The summed E-state index contributed by atoms with van der Waals surface area (Å²) in [5, 5.41) is 23.2. The molecule has 2 N–H and O–H groups in total. The predicted molar refractivity (Wildman–Crippen MR) is 108 cm³/mol. The van der Waals surface area contributed by atoms with Crippen molar-refractivity contribution in [3.63, 3.8) is 0 Å². The molecule has 0 aliphatic carbocycles. The highest BCUT2D eigenvalue weighted by atomic mass is 19.4. The van der Waals surface area contributed by atoms with Crippen LogP contribution in [0.4, 0.5) is 18.0 Å². The minimum atomic E-state index is -4.77. The van der Waals surface area contributed by atoms with Gasteiger partial charge in [-0.05, 0) is 44.7 Å². The van der Waals surface area contributed by atoms with E-state index in [2.05, 4.69) is 5.32 Å². The highest BCUT2D eigenvalue weighted by Crippen LogP contribution is 2.44. The summed E-state index contributed by atoms with van der Waals surface area (Å²) in [6.07, 6.45) is -3.37. The van der Waals surface area contributed by atoms with Crippen molar-refractivity contribution in [1.82, 2.24) is 5.32 Å². The Labute approximate surface area is 182 Å². The van der Waals surface area contributed by atoms with Gasteiger partial charge in [0.25, 0.3) is 5.70 Å². The Morgan fingerprint density at radius 2 is 1.81 bits per heavy atom. The Morgan fingerprint density at radius 3 is 2.44 bits per heavy atom. The van der Waals surface area contributed by atoms with Crippen molar-refractivity contribution in [2.45, 2.75) is 51.6 Å². The fourth-order valence-electron chi connectivity index (χ4n) is 3.48. The zero-order chi connectivity index (χ0) is 23.9. The van der Waals surface area contributed by atoms with Crippen LogP contribution in [0.5, 0.6) is 0 Å². The zero-order valence-electron chi connectivity index (χ0n) is 17.7. The summed E-state index contributed by atoms with van der Waals surface area (Å²) >= 11 is 0. The van der Waals surface area contributed by atoms with E-state index in [0.29, 0.717) is 19.3 Å². The summed E-state index contributed by atoms with van der Waals surface area (Å²) in [7, 11) is 0. The minimum absolute atomic E-state index is 0.00475. The van der Waals surface area contributed by atoms with Crippen molar-refractivity contribution in [2.75, 3.05) is 13.2 Å². The Bertz CT molecular complexity index is 911. The third-order valence-electron chi connectivity index (χ3n) is 4.90. The van der Waals surface area contributed by atoms with Gasteiger partial charge in [0.05, 0.1) is 28.5 Å². The predicted octanol–water partition coefficient (Wildman–Crippen LogP) is 4.84. The largest absolute Gasteiger partial charge is 0.513 e. The number of carbonyl (C=O) groups is 1. The first-order valence-electron chi connectivity index (χ1n) is 10.0. The van der Waals surface area contributed by atoms with Crippen LogP contribution in [0.3, 0.4) is 0 Å². The maximum atomic E-state index is 13.6. The highest BCUT2D eigenvalue weighted by molar-refractivity contribution is 5.63. The first-order chi connectivity index (χ1) is 15.1. The van der Waals surface area contributed by atoms with Crippen molar-refractivity contribution < 1.29 is 37.5 Å². The van der Waals surface area contributed by atoms with Crippen LogP contribution in [-0.4, -0.2) is 29.4 Å². The van der Waals surface area contributed by atoms with Crippen LogP contribution in [0.25, 0.3) is 0 Å². The molecule has 0 fully saturated rings. The summed E-state index contributed by atoms with van der Waals surface area (Å²) < 4.78 is 51.1. The zero-order valence-corrected chi connectivity index (χ0v) is 17.7. The molecule has 0 bridgehead atoms. The van der Waals surface area contributed by atoms with Crippen LogP contribution in [0.1, 0.15) is 56.6 Å². The molecular formula is C21H25F3N2O6. The summed E-state index contributed by atoms with van der Waals surface area (Å²) in [5.74, 6) is -1.90. The monoisotopic (exact) mass is 458 g/mol. The standard InChI is InChI=1S/C21H25F3N2O6/c1-13-18(26(29)30)17(15-9-5-6-10-16(15)21(22,23)24)19(14(2)25-13)32-20(28)31-12-8-4-3-7-11-27/h5-6,9-10,17,25,27H,3-4,7-8,11-12H2,1-2H3. The number of hydrogen-bond acceptors (Lipinski definition) is 7. The number of aliphatic hydroxyl groups excluding tert-OH is 1. The smallest absolute Gasteiger partial charge is 0.434 e. The third kappa shape index (κ3) is 6.22. The number of nitro groups is 1. The molecule has 1 atom stereocenters. The molecule has 0 saturated carbocycles. The fourth-order valence-corrected chi connectivity index (χ4v) is 3.48.